The van der Waals surface area contributed by atoms with E-state index in [1.807, 2.05) is 0 Å². The zero-order valence-electron chi connectivity index (χ0n) is 12.7. The van der Waals surface area contributed by atoms with Crippen LogP contribution in [0.1, 0.15) is 25.3 Å². The Morgan fingerprint density at radius 1 is 1.32 bits per heavy atom. The maximum atomic E-state index is 3.52. The zero-order chi connectivity index (χ0) is 13.8. The van der Waals surface area contributed by atoms with Gasteiger partial charge < -0.3 is 15.1 Å². The van der Waals surface area contributed by atoms with Gasteiger partial charge in [0, 0.05) is 31.9 Å². The van der Waals surface area contributed by atoms with Crippen LogP contribution in [0, 0.1) is 0 Å². The number of rotatable bonds is 4. The van der Waals surface area contributed by atoms with Gasteiger partial charge in [-0.2, -0.15) is 0 Å². The van der Waals surface area contributed by atoms with Crippen LogP contribution in [0.3, 0.4) is 0 Å². The fourth-order valence-electron chi connectivity index (χ4n) is 2.90. The third-order valence-electron chi connectivity index (χ3n) is 3.79. The Labute approximate surface area is 117 Å². The Morgan fingerprint density at radius 2 is 2.05 bits per heavy atom. The molecule has 0 aliphatic carbocycles. The van der Waals surface area contributed by atoms with Crippen molar-refractivity contribution in [2.45, 2.75) is 25.8 Å². The van der Waals surface area contributed by atoms with Crippen molar-refractivity contribution >= 4 is 5.69 Å². The third kappa shape index (κ3) is 3.48. The number of hydrogen-bond acceptors (Lipinski definition) is 3. The van der Waals surface area contributed by atoms with Crippen molar-refractivity contribution in [2.24, 2.45) is 0 Å². The second kappa shape index (κ2) is 6.40. The lowest BCUT2D eigenvalue weighted by Crippen LogP contribution is -2.55. The van der Waals surface area contributed by atoms with Crippen LogP contribution in [0.15, 0.2) is 24.3 Å². The van der Waals surface area contributed by atoms with E-state index in [9.17, 15) is 0 Å². The first-order chi connectivity index (χ1) is 9.09. The van der Waals surface area contributed by atoms with E-state index in [2.05, 4.69) is 67.3 Å². The van der Waals surface area contributed by atoms with Gasteiger partial charge in [-0.3, -0.25) is 0 Å². The standard InChI is InChI=1S/C16H27N3/c1-13(2)15-7-5-6-8-16(15)19-10-9-17-11-14(19)12-18(3)4/h5-8,13-14,17H,9-12H2,1-4H3. The van der Waals surface area contributed by atoms with Gasteiger partial charge in [-0.05, 0) is 31.6 Å². The molecule has 1 N–H and O–H groups in total. The Kier molecular flexibility index (Phi) is 4.83. The smallest absolute Gasteiger partial charge is 0.0541 e. The molecule has 1 atom stereocenters. The summed E-state index contributed by atoms with van der Waals surface area (Å²) in [6.07, 6.45) is 0. The first-order valence-corrected chi connectivity index (χ1v) is 7.30. The highest BCUT2D eigenvalue weighted by Gasteiger charge is 2.24. The molecule has 1 heterocycles. The van der Waals surface area contributed by atoms with E-state index < -0.39 is 0 Å². The number of nitrogens with zero attached hydrogens (tertiary/aromatic N) is 2. The highest BCUT2D eigenvalue weighted by Crippen LogP contribution is 2.29. The summed E-state index contributed by atoms with van der Waals surface area (Å²) in [4.78, 5) is 4.87. The molecule has 1 saturated heterocycles. The van der Waals surface area contributed by atoms with Crippen molar-refractivity contribution in [1.82, 2.24) is 10.2 Å². The van der Waals surface area contributed by atoms with Crippen LogP contribution in [-0.2, 0) is 0 Å². The predicted octanol–water partition coefficient (Wildman–Crippen LogP) is 2.15. The number of para-hydroxylation sites is 1. The van der Waals surface area contributed by atoms with Gasteiger partial charge in [0.05, 0.1) is 6.04 Å². The Hall–Kier alpha value is -1.06. The third-order valence-corrected chi connectivity index (χ3v) is 3.79. The summed E-state index contributed by atoms with van der Waals surface area (Å²) in [6.45, 7) is 8.91. The minimum Gasteiger partial charge on any atom is -0.364 e. The fraction of sp³-hybridized carbons (Fsp3) is 0.625. The summed E-state index contributed by atoms with van der Waals surface area (Å²) in [6, 6.07) is 9.43. The molecule has 1 aliphatic heterocycles. The van der Waals surface area contributed by atoms with Gasteiger partial charge in [-0.15, -0.1) is 0 Å². The Balaban J connectivity index is 2.26. The van der Waals surface area contributed by atoms with Gasteiger partial charge in [-0.1, -0.05) is 32.0 Å². The topological polar surface area (TPSA) is 18.5 Å². The summed E-state index contributed by atoms with van der Waals surface area (Å²) in [7, 11) is 4.31. The molecule has 3 nitrogen and oxygen atoms in total. The SMILES string of the molecule is CC(C)c1ccccc1N1CCNCC1CN(C)C. The summed E-state index contributed by atoms with van der Waals surface area (Å²) in [5, 5.41) is 3.52. The number of benzene rings is 1. The molecule has 0 aromatic heterocycles. The van der Waals surface area contributed by atoms with Gasteiger partial charge in [0.1, 0.15) is 0 Å². The van der Waals surface area contributed by atoms with Crippen LogP contribution in [0.2, 0.25) is 0 Å². The average Bonchev–Trinajstić information content (AvgIpc) is 2.38. The van der Waals surface area contributed by atoms with Gasteiger partial charge in [0.25, 0.3) is 0 Å². The minimum absolute atomic E-state index is 0.559. The van der Waals surface area contributed by atoms with E-state index in [4.69, 9.17) is 0 Å². The normalized spacial score (nSPS) is 20.3. The molecule has 1 aromatic carbocycles. The number of hydrogen-bond donors (Lipinski definition) is 1. The van der Waals surface area contributed by atoms with E-state index in [0.29, 0.717) is 12.0 Å². The molecule has 1 fully saturated rings. The van der Waals surface area contributed by atoms with Crippen molar-refractivity contribution in [3.63, 3.8) is 0 Å². The van der Waals surface area contributed by atoms with Crippen molar-refractivity contribution in [2.75, 3.05) is 45.2 Å². The average molecular weight is 261 g/mol. The number of piperazine rings is 1. The van der Waals surface area contributed by atoms with Crippen molar-refractivity contribution in [3.05, 3.63) is 29.8 Å². The summed E-state index contributed by atoms with van der Waals surface area (Å²) >= 11 is 0. The van der Waals surface area contributed by atoms with E-state index in [0.717, 1.165) is 26.2 Å². The number of anilines is 1. The van der Waals surface area contributed by atoms with Crippen LogP contribution in [0.5, 0.6) is 0 Å². The fourth-order valence-corrected chi connectivity index (χ4v) is 2.90. The number of likely N-dealkylation sites (N-methyl/N-ethyl adjacent to an activating group) is 1. The Bertz CT molecular complexity index is 401. The van der Waals surface area contributed by atoms with Crippen LogP contribution in [0.25, 0.3) is 0 Å². The molecule has 1 unspecified atom stereocenters. The molecule has 0 radical (unpaired) electrons. The molecule has 19 heavy (non-hydrogen) atoms. The molecule has 0 saturated carbocycles. The maximum Gasteiger partial charge on any atom is 0.0541 e. The lowest BCUT2D eigenvalue weighted by molar-refractivity contribution is 0.336. The summed E-state index contributed by atoms with van der Waals surface area (Å²) in [5.74, 6) is 0.575. The maximum absolute atomic E-state index is 3.52. The molecule has 1 aromatic rings. The molecule has 0 amide bonds. The van der Waals surface area contributed by atoms with E-state index in [-0.39, 0.29) is 0 Å². The molecule has 3 heteroatoms. The monoisotopic (exact) mass is 261 g/mol. The predicted molar refractivity (Wildman–Crippen MR) is 83.1 cm³/mol. The van der Waals surface area contributed by atoms with Crippen LogP contribution in [-0.4, -0.2) is 51.2 Å². The van der Waals surface area contributed by atoms with Crippen molar-refractivity contribution < 1.29 is 0 Å². The van der Waals surface area contributed by atoms with E-state index in [1.54, 1.807) is 0 Å². The molecular weight excluding hydrogens is 234 g/mol. The molecule has 2 rings (SSSR count). The zero-order valence-corrected chi connectivity index (χ0v) is 12.7. The lowest BCUT2D eigenvalue weighted by atomic mass is 9.99. The van der Waals surface area contributed by atoms with Crippen molar-refractivity contribution in [1.29, 1.82) is 0 Å². The van der Waals surface area contributed by atoms with Gasteiger partial charge >= 0.3 is 0 Å². The van der Waals surface area contributed by atoms with Crippen LogP contribution < -0.4 is 10.2 Å². The second-order valence-electron chi connectivity index (χ2n) is 6.03. The highest BCUT2D eigenvalue weighted by molar-refractivity contribution is 5.56. The largest absolute Gasteiger partial charge is 0.364 e. The van der Waals surface area contributed by atoms with Crippen LogP contribution in [0.4, 0.5) is 5.69 Å². The highest BCUT2D eigenvalue weighted by atomic mass is 15.3. The quantitative estimate of drug-likeness (QED) is 0.896. The van der Waals surface area contributed by atoms with E-state index in [1.165, 1.54) is 11.3 Å². The Morgan fingerprint density at radius 3 is 2.74 bits per heavy atom. The molecule has 0 spiro atoms. The molecule has 0 bridgehead atoms. The van der Waals surface area contributed by atoms with Gasteiger partial charge in [0.15, 0.2) is 0 Å². The molecule has 106 valence electrons. The van der Waals surface area contributed by atoms with Gasteiger partial charge in [0.2, 0.25) is 0 Å². The van der Waals surface area contributed by atoms with Gasteiger partial charge in [-0.25, -0.2) is 0 Å². The second-order valence-corrected chi connectivity index (χ2v) is 6.03. The summed E-state index contributed by atoms with van der Waals surface area (Å²) < 4.78 is 0. The first kappa shape index (κ1) is 14.4. The number of nitrogens with one attached hydrogen (secondary N) is 1. The van der Waals surface area contributed by atoms with Crippen molar-refractivity contribution in [3.8, 4) is 0 Å². The van der Waals surface area contributed by atoms with E-state index >= 15 is 0 Å². The molecule has 1 aliphatic rings. The first-order valence-electron chi connectivity index (χ1n) is 7.30. The summed E-state index contributed by atoms with van der Waals surface area (Å²) in [5.41, 5.74) is 2.89. The molecular formula is C16H27N3. The minimum atomic E-state index is 0.559. The van der Waals surface area contributed by atoms with Crippen LogP contribution >= 0.6 is 0 Å². The lowest BCUT2D eigenvalue weighted by Gasteiger charge is -2.40.